The van der Waals surface area contributed by atoms with E-state index < -0.39 is 11.8 Å². The first-order chi connectivity index (χ1) is 7.15. The molecule has 0 bridgehead atoms. The molecule has 0 unspecified atom stereocenters. The molecule has 0 aliphatic heterocycles. The average molecular weight is 208 g/mol. The van der Waals surface area contributed by atoms with Gasteiger partial charge in [0.25, 0.3) is 0 Å². The minimum Gasteiger partial charge on any atom is -0.478 e. The van der Waals surface area contributed by atoms with Gasteiger partial charge in [-0.05, 0) is 24.8 Å². The Bertz CT molecular complexity index is 296. The number of carboxylic acids is 1. The number of allylic oxidation sites excluding steroid dienone is 2. The van der Waals surface area contributed by atoms with Crippen LogP contribution in [0.25, 0.3) is 0 Å². The number of ketones is 1. The zero-order valence-corrected chi connectivity index (χ0v) is 8.74. The van der Waals surface area contributed by atoms with Gasteiger partial charge < -0.3 is 5.11 Å². The zero-order valence-electron chi connectivity index (χ0n) is 8.74. The van der Waals surface area contributed by atoms with Crippen molar-refractivity contribution < 1.29 is 14.7 Å². The molecule has 0 aromatic carbocycles. The van der Waals surface area contributed by atoms with Crippen molar-refractivity contribution in [1.29, 1.82) is 0 Å². The smallest absolute Gasteiger partial charge is 0.339 e. The SMILES string of the molecule is C=CC(=O)C(=CC1CCCCC1)C(=O)O. The van der Waals surface area contributed by atoms with Crippen molar-refractivity contribution in [2.75, 3.05) is 0 Å². The monoisotopic (exact) mass is 208 g/mol. The molecule has 0 spiro atoms. The summed E-state index contributed by atoms with van der Waals surface area (Å²) in [7, 11) is 0. The van der Waals surface area contributed by atoms with E-state index in [1.165, 1.54) is 6.42 Å². The summed E-state index contributed by atoms with van der Waals surface area (Å²) in [6.45, 7) is 3.30. The summed E-state index contributed by atoms with van der Waals surface area (Å²) in [6, 6.07) is 0. The number of carboxylic acid groups (broad SMARTS) is 1. The highest BCUT2D eigenvalue weighted by Crippen LogP contribution is 2.25. The van der Waals surface area contributed by atoms with Crippen LogP contribution < -0.4 is 0 Å². The standard InChI is InChI=1S/C12H16O3/c1-2-11(13)10(12(14)15)8-9-6-4-3-5-7-9/h2,8-9H,1,3-7H2,(H,14,15). The number of aliphatic carboxylic acids is 1. The molecule has 15 heavy (non-hydrogen) atoms. The summed E-state index contributed by atoms with van der Waals surface area (Å²) in [4.78, 5) is 22.1. The minimum atomic E-state index is -1.15. The topological polar surface area (TPSA) is 54.4 Å². The molecule has 0 aromatic rings. The molecule has 0 atom stereocenters. The third kappa shape index (κ3) is 3.35. The maximum absolute atomic E-state index is 11.3. The Morgan fingerprint density at radius 3 is 2.27 bits per heavy atom. The molecule has 1 aliphatic rings. The third-order valence-electron chi connectivity index (χ3n) is 2.73. The Kier molecular flexibility index (Phi) is 4.28. The van der Waals surface area contributed by atoms with Crippen molar-refractivity contribution in [2.24, 2.45) is 5.92 Å². The number of carbonyl (C=O) groups excluding carboxylic acids is 1. The lowest BCUT2D eigenvalue weighted by Gasteiger charge is -2.18. The normalized spacial score (nSPS) is 18.5. The fourth-order valence-electron chi connectivity index (χ4n) is 1.91. The van der Waals surface area contributed by atoms with E-state index in [9.17, 15) is 9.59 Å². The molecule has 1 N–H and O–H groups in total. The van der Waals surface area contributed by atoms with E-state index in [0.717, 1.165) is 31.8 Å². The second-order valence-corrected chi connectivity index (χ2v) is 3.85. The fraction of sp³-hybridized carbons (Fsp3) is 0.500. The summed E-state index contributed by atoms with van der Waals surface area (Å²) in [5.41, 5.74) is -0.128. The summed E-state index contributed by atoms with van der Waals surface area (Å²) >= 11 is 0. The van der Waals surface area contributed by atoms with E-state index in [1.54, 1.807) is 6.08 Å². The van der Waals surface area contributed by atoms with Gasteiger partial charge in [-0.15, -0.1) is 0 Å². The molecular formula is C12H16O3. The number of rotatable bonds is 4. The molecule has 3 heteroatoms. The Balaban J connectivity index is 2.77. The van der Waals surface area contributed by atoms with Crippen molar-refractivity contribution in [2.45, 2.75) is 32.1 Å². The second kappa shape index (κ2) is 5.49. The first kappa shape index (κ1) is 11.7. The minimum absolute atomic E-state index is 0.128. The van der Waals surface area contributed by atoms with E-state index in [0.29, 0.717) is 0 Å². The van der Waals surface area contributed by atoms with Crippen LogP contribution in [0.5, 0.6) is 0 Å². The highest BCUT2D eigenvalue weighted by Gasteiger charge is 2.18. The van der Waals surface area contributed by atoms with Crippen molar-refractivity contribution >= 4 is 11.8 Å². The van der Waals surface area contributed by atoms with Gasteiger partial charge in [-0.3, -0.25) is 4.79 Å². The van der Waals surface area contributed by atoms with E-state index in [2.05, 4.69) is 6.58 Å². The molecule has 0 aromatic heterocycles. The predicted octanol–water partition coefficient (Wildman–Crippen LogP) is 2.33. The summed E-state index contributed by atoms with van der Waals surface area (Å²) < 4.78 is 0. The molecule has 0 amide bonds. The van der Waals surface area contributed by atoms with Crippen LogP contribution in [0.2, 0.25) is 0 Å². The molecule has 1 fully saturated rings. The largest absolute Gasteiger partial charge is 0.478 e. The molecule has 1 saturated carbocycles. The molecule has 1 aliphatic carbocycles. The van der Waals surface area contributed by atoms with Crippen LogP contribution in [0.15, 0.2) is 24.3 Å². The first-order valence-corrected chi connectivity index (χ1v) is 5.27. The van der Waals surface area contributed by atoms with Crippen LogP contribution in [0.3, 0.4) is 0 Å². The van der Waals surface area contributed by atoms with Gasteiger partial charge >= 0.3 is 5.97 Å². The van der Waals surface area contributed by atoms with Crippen molar-refractivity contribution in [3.05, 3.63) is 24.3 Å². The van der Waals surface area contributed by atoms with Crippen LogP contribution >= 0.6 is 0 Å². The first-order valence-electron chi connectivity index (χ1n) is 5.27. The molecular weight excluding hydrogens is 192 g/mol. The molecule has 0 heterocycles. The Hall–Kier alpha value is -1.38. The van der Waals surface area contributed by atoms with E-state index in [-0.39, 0.29) is 11.5 Å². The van der Waals surface area contributed by atoms with E-state index in [1.807, 2.05) is 0 Å². The second-order valence-electron chi connectivity index (χ2n) is 3.85. The van der Waals surface area contributed by atoms with Gasteiger partial charge in [-0.2, -0.15) is 0 Å². The maximum atomic E-state index is 11.3. The fourth-order valence-corrected chi connectivity index (χ4v) is 1.91. The van der Waals surface area contributed by atoms with Crippen molar-refractivity contribution in [1.82, 2.24) is 0 Å². The van der Waals surface area contributed by atoms with Gasteiger partial charge in [0.1, 0.15) is 5.57 Å². The van der Waals surface area contributed by atoms with Crippen molar-refractivity contribution in [3.8, 4) is 0 Å². The molecule has 82 valence electrons. The van der Waals surface area contributed by atoms with Gasteiger partial charge in [0.05, 0.1) is 0 Å². The lowest BCUT2D eigenvalue weighted by molar-refractivity contribution is -0.134. The van der Waals surface area contributed by atoms with Gasteiger partial charge in [0.15, 0.2) is 5.78 Å². The molecule has 0 saturated heterocycles. The number of hydrogen-bond acceptors (Lipinski definition) is 2. The van der Waals surface area contributed by atoms with Gasteiger partial charge in [0.2, 0.25) is 0 Å². The van der Waals surface area contributed by atoms with Crippen LogP contribution in [0, 0.1) is 5.92 Å². The average Bonchev–Trinajstić information content (AvgIpc) is 2.26. The lowest BCUT2D eigenvalue weighted by Crippen LogP contribution is -2.13. The Labute approximate surface area is 89.5 Å². The molecule has 1 rings (SSSR count). The maximum Gasteiger partial charge on any atom is 0.339 e. The van der Waals surface area contributed by atoms with Gasteiger partial charge in [-0.1, -0.05) is 31.9 Å². The Morgan fingerprint density at radius 2 is 1.80 bits per heavy atom. The highest BCUT2D eigenvalue weighted by molar-refractivity contribution is 6.20. The van der Waals surface area contributed by atoms with Crippen LogP contribution in [0.1, 0.15) is 32.1 Å². The molecule has 0 radical (unpaired) electrons. The third-order valence-corrected chi connectivity index (χ3v) is 2.73. The van der Waals surface area contributed by atoms with Gasteiger partial charge in [0, 0.05) is 0 Å². The predicted molar refractivity (Wildman–Crippen MR) is 57.5 cm³/mol. The summed E-state index contributed by atoms with van der Waals surface area (Å²) in [5.74, 6) is -1.40. The van der Waals surface area contributed by atoms with Crippen LogP contribution in [0.4, 0.5) is 0 Å². The van der Waals surface area contributed by atoms with E-state index in [4.69, 9.17) is 5.11 Å². The summed E-state index contributed by atoms with van der Waals surface area (Å²) in [5, 5.41) is 8.87. The number of hydrogen-bond donors (Lipinski definition) is 1. The van der Waals surface area contributed by atoms with Gasteiger partial charge in [-0.25, -0.2) is 4.79 Å². The quantitative estimate of drug-likeness (QED) is 0.438. The number of carbonyl (C=O) groups is 2. The molecule has 3 nitrogen and oxygen atoms in total. The summed E-state index contributed by atoms with van der Waals surface area (Å²) in [6.07, 6.45) is 8.09. The lowest BCUT2D eigenvalue weighted by atomic mass is 9.87. The Morgan fingerprint density at radius 1 is 1.20 bits per heavy atom. The van der Waals surface area contributed by atoms with E-state index >= 15 is 0 Å². The highest BCUT2D eigenvalue weighted by atomic mass is 16.4. The van der Waals surface area contributed by atoms with Crippen LogP contribution in [-0.4, -0.2) is 16.9 Å². The zero-order chi connectivity index (χ0) is 11.3. The van der Waals surface area contributed by atoms with Crippen LogP contribution in [-0.2, 0) is 9.59 Å². The van der Waals surface area contributed by atoms with Crippen molar-refractivity contribution in [3.63, 3.8) is 0 Å².